The second kappa shape index (κ2) is 9.20. The summed E-state index contributed by atoms with van der Waals surface area (Å²) in [7, 11) is 1.62. The Hall–Kier alpha value is -2.71. The van der Waals surface area contributed by atoms with Gasteiger partial charge in [0, 0.05) is 24.7 Å². The van der Waals surface area contributed by atoms with Gasteiger partial charge < -0.3 is 14.0 Å². The van der Waals surface area contributed by atoms with Crippen LogP contribution in [-0.2, 0) is 19.1 Å². The van der Waals surface area contributed by atoms with Crippen molar-refractivity contribution in [3.05, 3.63) is 58.6 Å². The van der Waals surface area contributed by atoms with Crippen LogP contribution in [0.1, 0.15) is 24.9 Å². The van der Waals surface area contributed by atoms with Crippen molar-refractivity contribution in [3.63, 3.8) is 0 Å². The number of esters is 1. The maximum Gasteiger partial charge on any atom is 0.321 e. The van der Waals surface area contributed by atoms with Gasteiger partial charge in [0.25, 0.3) is 0 Å². The minimum atomic E-state index is -1.01. The molecule has 0 spiro atoms. The van der Waals surface area contributed by atoms with Gasteiger partial charge >= 0.3 is 5.97 Å². The van der Waals surface area contributed by atoms with E-state index in [1.807, 2.05) is 53.1 Å². The summed E-state index contributed by atoms with van der Waals surface area (Å²) < 4.78 is 13.4. The molecule has 0 fully saturated rings. The number of rotatable bonds is 7. The van der Waals surface area contributed by atoms with Gasteiger partial charge in [-0.25, -0.2) is 4.98 Å². The lowest BCUT2D eigenvalue weighted by molar-refractivity contribution is -0.153. The molecule has 0 unspecified atom stereocenters. The zero-order chi connectivity index (χ0) is 22.0. The van der Waals surface area contributed by atoms with Crippen LogP contribution >= 0.6 is 15.9 Å². The number of fused-ring (bicyclic) bond motifs is 3. The lowest BCUT2D eigenvalue weighted by Crippen LogP contribution is -2.50. The third kappa shape index (κ3) is 3.97. The van der Waals surface area contributed by atoms with E-state index in [1.165, 1.54) is 0 Å². The van der Waals surface area contributed by atoms with E-state index < -0.39 is 17.9 Å². The molecule has 1 aromatic heterocycles. The summed E-state index contributed by atoms with van der Waals surface area (Å²) >= 11 is 3.52. The summed E-state index contributed by atoms with van der Waals surface area (Å²) in [4.78, 5) is 33.1. The number of halogens is 1. The fraction of sp³-hybridized carbons (Fsp3) is 0.348. The van der Waals surface area contributed by atoms with Crippen molar-refractivity contribution < 1.29 is 19.1 Å². The lowest BCUT2D eigenvalue weighted by atomic mass is 9.89. The molecule has 0 aliphatic carbocycles. The summed E-state index contributed by atoms with van der Waals surface area (Å²) in [6, 6.07) is 14.8. The first-order chi connectivity index (χ1) is 15.1. The molecule has 4 rings (SSSR count). The highest BCUT2D eigenvalue weighted by Gasteiger charge is 2.47. The fourth-order valence-corrected chi connectivity index (χ4v) is 4.53. The number of ether oxygens (including phenoxy) is 2. The predicted molar refractivity (Wildman–Crippen MR) is 121 cm³/mol. The molecule has 0 N–H and O–H groups in total. The number of hydrogen-bond acceptors (Lipinski definition) is 5. The van der Waals surface area contributed by atoms with Gasteiger partial charge in [0.2, 0.25) is 11.9 Å². The summed E-state index contributed by atoms with van der Waals surface area (Å²) in [6.07, 6.45) is 0.628. The standard InChI is InChI=1S/C23H24BrN3O4/c1-3-31-22(29)19-20(15-8-6-9-16(24)14-15)27-18-11-5-4-10-17(18)25-23(27)26(21(19)28)12-7-13-30-2/h4-6,8-11,14,19-20H,3,7,12-13H2,1-2H3/t19-,20+/m1/s1. The van der Waals surface area contributed by atoms with E-state index in [-0.39, 0.29) is 12.5 Å². The minimum absolute atomic E-state index is 0.203. The number of hydrogen-bond donors (Lipinski definition) is 0. The maximum atomic E-state index is 13.7. The van der Waals surface area contributed by atoms with Crippen LogP contribution in [0.2, 0.25) is 0 Å². The number of anilines is 1. The molecular weight excluding hydrogens is 462 g/mol. The molecule has 0 radical (unpaired) electrons. The SMILES string of the molecule is CCOC(=O)[C@H]1C(=O)N(CCCOC)c2nc3ccccc3n2[C@H]1c1cccc(Br)c1. The Bertz CT molecular complexity index is 1110. The molecule has 1 aliphatic heterocycles. The Morgan fingerprint density at radius 2 is 2.00 bits per heavy atom. The summed E-state index contributed by atoms with van der Waals surface area (Å²) in [6.45, 7) is 2.85. The molecule has 162 valence electrons. The number of para-hydroxylation sites is 2. The van der Waals surface area contributed by atoms with Crippen LogP contribution in [0.25, 0.3) is 11.0 Å². The highest BCUT2D eigenvalue weighted by atomic mass is 79.9. The Morgan fingerprint density at radius 1 is 1.19 bits per heavy atom. The molecule has 1 aliphatic rings. The predicted octanol–water partition coefficient (Wildman–Crippen LogP) is 3.95. The number of benzene rings is 2. The van der Waals surface area contributed by atoms with E-state index in [0.717, 1.165) is 21.1 Å². The Balaban J connectivity index is 1.94. The van der Waals surface area contributed by atoms with Gasteiger partial charge in [0.1, 0.15) is 0 Å². The van der Waals surface area contributed by atoms with E-state index in [2.05, 4.69) is 15.9 Å². The van der Waals surface area contributed by atoms with E-state index >= 15 is 0 Å². The molecule has 7 nitrogen and oxygen atoms in total. The summed E-state index contributed by atoms with van der Waals surface area (Å²) in [5, 5.41) is 0. The molecule has 31 heavy (non-hydrogen) atoms. The summed E-state index contributed by atoms with van der Waals surface area (Å²) in [5.74, 6) is -1.31. The topological polar surface area (TPSA) is 73.7 Å². The minimum Gasteiger partial charge on any atom is -0.465 e. The molecule has 2 atom stereocenters. The molecule has 8 heteroatoms. The molecule has 0 saturated carbocycles. The van der Waals surface area contributed by atoms with Crippen molar-refractivity contribution in [2.45, 2.75) is 19.4 Å². The van der Waals surface area contributed by atoms with Crippen molar-refractivity contribution in [1.82, 2.24) is 9.55 Å². The van der Waals surface area contributed by atoms with Crippen LogP contribution in [0.3, 0.4) is 0 Å². The van der Waals surface area contributed by atoms with Crippen LogP contribution < -0.4 is 4.90 Å². The maximum absolute atomic E-state index is 13.7. The van der Waals surface area contributed by atoms with Crippen molar-refractivity contribution in [2.75, 3.05) is 31.8 Å². The van der Waals surface area contributed by atoms with Crippen LogP contribution in [0.15, 0.2) is 53.0 Å². The van der Waals surface area contributed by atoms with Crippen LogP contribution in [-0.4, -0.2) is 48.3 Å². The van der Waals surface area contributed by atoms with Crippen molar-refractivity contribution in [2.24, 2.45) is 5.92 Å². The average molecular weight is 486 g/mol. The Kier molecular flexibility index (Phi) is 6.38. The van der Waals surface area contributed by atoms with Crippen LogP contribution in [0.4, 0.5) is 5.95 Å². The number of aromatic nitrogens is 2. The van der Waals surface area contributed by atoms with Crippen molar-refractivity contribution >= 4 is 44.8 Å². The van der Waals surface area contributed by atoms with Crippen molar-refractivity contribution in [3.8, 4) is 0 Å². The van der Waals surface area contributed by atoms with Gasteiger partial charge in [0.15, 0.2) is 5.92 Å². The largest absolute Gasteiger partial charge is 0.465 e. The van der Waals surface area contributed by atoms with E-state index in [0.29, 0.717) is 25.5 Å². The molecular formula is C23H24BrN3O4. The molecule has 0 bridgehead atoms. The monoisotopic (exact) mass is 485 g/mol. The molecule has 2 aromatic carbocycles. The van der Waals surface area contributed by atoms with Crippen molar-refractivity contribution in [1.29, 1.82) is 0 Å². The highest BCUT2D eigenvalue weighted by molar-refractivity contribution is 9.10. The summed E-state index contributed by atoms with van der Waals surface area (Å²) in [5.41, 5.74) is 2.47. The normalized spacial score (nSPS) is 18.3. The first-order valence-electron chi connectivity index (χ1n) is 10.3. The van der Waals surface area contributed by atoms with Gasteiger partial charge in [-0.3, -0.25) is 14.5 Å². The zero-order valence-corrected chi connectivity index (χ0v) is 19.0. The molecule has 1 amide bonds. The number of carbonyl (C=O) groups is 2. The van der Waals surface area contributed by atoms with Gasteiger partial charge in [-0.15, -0.1) is 0 Å². The number of carbonyl (C=O) groups excluding carboxylic acids is 2. The third-order valence-corrected chi connectivity index (χ3v) is 5.90. The Labute approximate surface area is 189 Å². The fourth-order valence-electron chi connectivity index (χ4n) is 4.12. The molecule has 2 heterocycles. The lowest BCUT2D eigenvalue weighted by Gasteiger charge is -2.38. The van der Waals surface area contributed by atoms with Gasteiger partial charge in [-0.05, 0) is 43.2 Å². The van der Waals surface area contributed by atoms with Gasteiger partial charge in [0.05, 0.1) is 23.7 Å². The van der Waals surface area contributed by atoms with Crippen LogP contribution in [0, 0.1) is 5.92 Å². The highest BCUT2D eigenvalue weighted by Crippen LogP contribution is 2.41. The van der Waals surface area contributed by atoms with Gasteiger partial charge in [-0.1, -0.05) is 40.2 Å². The van der Waals surface area contributed by atoms with E-state index in [9.17, 15) is 9.59 Å². The molecule has 0 saturated heterocycles. The molecule has 3 aromatic rings. The number of imidazole rings is 1. The first-order valence-corrected chi connectivity index (χ1v) is 11.1. The second-order valence-corrected chi connectivity index (χ2v) is 8.25. The Morgan fingerprint density at radius 3 is 2.74 bits per heavy atom. The number of methoxy groups -OCH3 is 1. The second-order valence-electron chi connectivity index (χ2n) is 7.34. The number of nitrogens with zero attached hydrogens (tertiary/aromatic N) is 3. The first kappa shape index (κ1) is 21.5. The number of amides is 1. The van der Waals surface area contributed by atoms with Crippen LogP contribution in [0.5, 0.6) is 0 Å². The third-order valence-electron chi connectivity index (χ3n) is 5.41. The van der Waals surface area contributed by atoms with E-state index in [1.54, 1.807) is 18.9 Å². The van der Waals surface area contributed by atoms with E-state index in [4.69, 9.17) is 14.5 Å². The quantitative estimate of drug-likeness (QED) is 0.287. The zero-order valence-electron chi connectivity index (χ0n) is 17.5. The average Bonchev–Trinajstić information content (AvgIpc) is 3.14. The van der Waals surface area contributed by atoms with Gasteiger partial charge in [-0.2, -0.15) is 0 Å². The smallest absolute Gasteiger partial charge is 0.321 e.